The third-order valence-corrected chi connectivity index (χ3v) is 6.06. The van der Waals surface area contributed by atoms with Gasteiger partial charge in [0.05, 0.1) is 25.2 Å². The quantitative estimate of drug-likeness (QED) is 0.679. The maximum absolute atomic E-state index is 16.1. The van der Waals surface area contributed by atoms with Crippen molar-refractivity contribution in [2.45, 2.75) is 16.6 Å². The second-order valence-electron chi connectivity index (χ2n) is 6.34. The molecule has 0 heterocycles. The highest BCUT2D eigenvalue weighted by Crippen LogP contribution is 2.47. The Morgan fingerprint density at radius 1 is 0.967 bits per heavy atom. The number of allylic oxidation sites excluding steroid dienone is 2. The van der Waals surface area contributed by atoms with E-state index in [1.54, 1.807) is 6.07 Å². The van der Waals surface area contributed by atoms with Gasteiger partial charge in [0, 0.05) is 5.56 Å². The monoisotopic (exact) mass is 443 g/mol. The van der Waals surface area contributed by atoms with Crippen LogP contribution in [0.2, 0.25) is 0 Å². The van der Waals surface area contributed by atoms with Crippen LogP contribution in [0.25, 0.3) is 0 Å². The molecule has 2 unspecified atom stereocenters. The van der Waals surface area contributed by atoms with Gasteiger partial charge in [0.25, 0.3) is 0 Å². The molecule has 0 fully saturated rings. The summed E-state index contributed by atoms with van der Waals surface area (Å²) in [6.07, 6.45) is 0.343. The summed E-state index contributed by atoms with van der Waals surface area (Å²) >= 11 is 0. The van der Waals surface area contributed by atoms with Gasteiger partial charge < -0.3 is 9.47 Å². The molecule has 30 heavy (non-hydrogen) atoms. The summed E-state index contributed by atoms with van der Waals surface area (Å²) in [6.45, 7) is 0. The number of methoxy groups -OCH3 is 2. The summed E-state index contributed by atoms with van der Waals surface area (Å²) in [5.41, 5.74) is -3.89. The predicted molar refractivity (Wildman–Crippen MR) is 101 cm³/mol. The molecule has 0 saturated heterocycles. The molecule has 1 aliphatic carbocycles. The van der Waals surface area contributed by atoms with Crippen LogP contribution < -0.4 is 14.2 Å². The molecule has 1 N–H and O–H groups in total. The van der Waals surface area contributed by atoms with Gasteiger partial charge in [-0.3, -0.25) is 0 Å². The number of rotatable bonds is 6. The van der Waals surface area contributed by atoms with E-state index in [4.69, 9.17) is 9.47 Å². The molecular formula is C20H17F4NO4S. The van der Waals surface area contributed by atoms with Crippen LogP contribution in [-0.4, -0.2) is 28.7 Å². The molecule has 10 heteroatoms. The molecule has 0 spiro atoms. The van der Waals surface area contributed by atoms with Gasteiger partial charge in [0.15, 0.2) is 29.0 Å². The number of alkyl halides is 1. The average Bonchev–Trinajstić information content (AvgIpc) is 2.75. The van der Waals surface area contributed by atoms with Crippen molar-refractivity contribution in [2.75, 3.05) is 14.2 Å². The predicted octanol–water partition coefficient (Wildman–Crippen LogP) is 4.23. The zero-order valence-electron chi connectivity index (χ0n) is 15.8. The molecule has 1 aliphatic rings. The van der Waals surface area contributed by atoms with Crippen LogP contribution in [0.3, 0.4) is 0 Å². The van der Waals surface area contributed by atoms with Crippen molar-refractivity contribution in [1.82, 2.24) is 4.72 Å². The van der Waals surface area contributed by atoms with Gasteiger partial charge in [0.1, 0.15) is 0 Å². The first kappa shape index (κ1) is 21.8. The van der Waals surface area contributed by atoms with Gasteiger partial charge in [-0.1, -0.05) is 24.3 Å². The van der Waals surface area contributed by atoms with Crippen molar-refractivity contribution in [3.63, 3.8) is 0 Å². The van der Waals surface area contributed by atoms with Crippen molar-refractivity contribution in [3.8, 4) is 11.5 Å². The van der Waals surface area contributed by atoms with E-state index in [1.807, 2.05) is 4.72 Å². The molecule has 2 aromatic carbocycles. The van der Waals surface area contributed by atoms with Crippen LogP contribution in [0.15, 0.2) is 77.0 Å². The van der Waals surface area contributed by atoms with Crippen LogP contribution in [0.4, 0.5) is 17.6 Å². The molecule has 0 aromatic heterocycles. The minimum atomic E-state index is -4.40. The second-order valence-corrected chi connectivity index (χ2v) is 8.05. The fraction of sp³-hybridized carbons (Fsp3) is 0.200. The molecule has 2 aromatic rings. The summed E-state index contributed by atoms with van der Waals surface area (Å²) < 4.78 is 96.0. The Hall–Kier alpha value is -2.85. The van der Waals surface area contributed by atoms with E-state index in [9.17, 15) is 21.6 Å². The lowest BCUT2D eigenvalue weighted by molar-refractivity contribution is 0.134. The van der Waals surface area contributed by atoms with E-state index in [0.29, 0.717) is 6.08 Å². The van der Waals surface area contributed by atoms with E-state index in [0.717, 1.165) is 12.1 Å². The van der Waals surface area contributed by atoms with Gasteiger partial charge in [-0.15, -0.1) is 0 Å². The zero-order chi connectivity index (χ0) is 22.1. The van der Waals surface area contributed by atoms with Crippen molar-refractivity contribution in [3.05, 3.63) is 77.7 Å². The second kappa shape index (κ2) is 8.11. The van der Waals surface area contributed by atoms with E-state index < -0.39 is 44.8 Å². The van der Waals surface area contributed by atoms with Crippen molar-refractivity contribution in [1.29, 1.82) is 0 Å². The van der Waals surface area contributed by atoms with E-state index in [2.05, 4.69) is 0 Å². The lowest BCUT2D eigenvalue weighted by atomic mass is 9.83. The smallest absolute Gasteiger partial charge is 0.241 e. The standard InChI is InChI=1S/C20H17F4NO4S/c1-28-15-9-8-12(10-16(15)29-2)20(24)17(11-14(21)18(22)19(20)23)25-30(26,27)13-6-4-3-5-7-13/h3-11,17,25H,1-2H3. The van der Waals surface area contributed by atoms with Crippen LogP contribution in [-0.2, 0) is 15.7 Å². The van der Waals surface area contributed by atoms with Gasteiger partial charge in [-0.25, -0.2) is 30.7 Å². The fourth-order valence-corrected chi connectivity index (χ4v) is 4.27. The number of halogens is 4. The van der Waals surface area contributed by atoms with E-state index in [1.165, 1.54) is 44.6 Å². The number of hydrogen-bond acceptors (Lipinski definition) is 4. The number of benzene rings is 2. The molecule has 0 amide bonds. The summed E-state index contributed by atoms with van der Waals surface area (Å²) in [4.78, 5) is -0.260. The normalized spacial score (nSPS) is 21.9. The molecule has 2 atom stereocenters. The first-order valence-electron chi connectivity index (χ1n) is 8.57. The third kappa shape index (κ3) is 3.68. The number of nitrogens with one attached hydrogen (secondary N) is 1. The summed E-state index contributed by atoms with van der Waals surface area (Å²) in [5, 5.41) is 0. The minimum absolute atomic E-state index is 0.0140. The largest absolute Gasteiger partial charge is 0.493 e. The fourth-order valence-electron chi connectivity index (χ4n) is 3.05. The van der Waals surface area contributed by atoms with Crippen molar-refractivity contribution < 1.29 is 35.5 Å². The Morgan fingerprint density at radius 2 is 1.60 bits per heavy atom. The van der Waals surface area contributed by atoms with E-state index in [-0.39, 0.29) is 16.4 Å². The van der Waals surface area contributed by atoms with Gasteiger partial charge in [-0.2, -0.15) is 0 Å². The summed E-state index contributed by atoms with van der Waals surface area (Å²) in [6, 6.07) is 8.02. The lowest BCUT2D eigenvalue weighted by Gasteiger charge is -2.34. The Morgan fingerprint density at radius 3 is 2.20 bits per heavy atom. The molecule has 3 rings (SSSR count). The highest BCUT2D eigenvalue weighted by Gasteiger charge is 2.52. The SMILES string of the molecule is COc1ccc(C2(F)C(F)=C(F)C(F)=CC2NS(=O)(=O)c2ccccc2)cc1OC. The minimum Gasteiger partial charge on any atom is -0.493 e. The lowest BCUT2D eigenvalue weighted by Crippen LogP contribution is -2.49. The van der Waals surface area contributed by atoms with Gasteiger partial charge in [-0.05, 0) is 30.3 Å². The Balaban J connectivity index is 2.14. The van der Waals surface area contributed by atoms with Crippen LogP contribution >= 0.6 is 0 Å². The Kier molecular flexibility index (Phi) is 5.91. The maximum Gasteiger partial charge on any atom is 0.241 e. The first-order chi connectivity index (χ1) is 14.1. The molecular weight excluding hydrogens is 426 g/mol. The Bertz CT molecular complexity index is 1120. The number of sulfonamides is 1. The summed E-state index contributed by atoms with van der Waals surface area (Å²) in [7, 11) is -1.84. The van der Waals surface area contributed by atoms with Crippen molar-refractivity contribution in [2.24, 2.45) is 0 Å². The van der Waals surface area contributed by atoms with Crippen LogP contribution in [0.5, 0.6) is 11.5 Å². The highest BCUT2D eigenvalue weighted by molar-refractivity contribution is 7.89. The number of hydrogen-bond donors (Lipinski definition) is 1. The molecule has 0 aliphatic heterocycles. The average molecular weight is 443 g/mol. The third-order valence-electron chi connectivity index (χ3n) is 4.60. The van der Waals surface area contributed by atoms with E-state index >= 15 is 4.39 Å². The zero-order valence-corrected chi connectivity index (χ0v) is 16.6. The summed E-state index contributed by atoms with van der Waals surface area (Å²) in [5.74, 6) is -5.71. The number of ether oxygens (including phenoxy) is 2. The molecule has 0 saturated carbocycles. The van der Waals surface area contributed by atoms with Gasteiger partial charge >= 0.3 is 0 Å². The molecule has 0 bridgehead atoms. The molecule has 160 valence electrons. The van der Waals surface area contributed by atoms with Crippen molar-refractivity contribution >= 4 is 10.0 Å². The van der Waals surface area contributed by atoms with Crippen LogP contribution in [0.1, 0.15) is 5.56 Å². The highest BCUT2D eigenvalue weighted by atomic mass is 32.2. The van der Waals surface area contributed by atoms with Gasteiger partial charge in [0.2, 0.25) is 15.7 Å². The molecule has 0 radical (unpaired) electrons. The topological polar surface area (TPSA) is 64.6 Å². The first-order valence-corrected chi connectivity index (χ1v) is 10.1. The molecule has 5 nitrogen and oxygen atoms in total. The maximum atomic E-state index is 16.1. The Labute approximate surface area is 170 Å². The van der Waals surface area contributed by atoms with Crippen LogP contribution in [0, 0.1) is 0 Å².